The van der Waals surface area contributed by atoms with E-state index in [1.165, 1.54) is 12.1 Å². The monoisotopic (exact) mass is 314 g/mol. The Labute approximate surface area is 125 Å². The summed E-state index contributed by atoms with van der Waals surface area (Å²) in [5.41, 5.74) is 0.668. The van der Waals surface area contributed by atoms with E-state index in [2.05, 4.69) is 16.5 Å². The zero-order valence-electron chi connectivity index (χ0n) is 12.3. The van der Waals surface area contributed by atoms with Crippen molar-refractivity contribution in [2.75, 3.05) is 24.1 Å². The number of nitrogens with zero attached hydrogens (tertiary/aromatic N) is 1. The Bertz CT molecular complexity index is 599. The maximum atomic E-state index is 11.3. The number of hydrogen-bond donors (Lipinski definition) is 3. The molecule has 7 heteroatoms. The maximum absolute atomic E-state index is 11.3. The number of rotatable bonds is 7. The fraction of sp³-hybridized carbons (Fsp3) is 0.571. The van der Waals surface area contributed by atoms with Gasteiger partial charge in [-0.1, -0.05) is 13.0 Å². The van der Waals surface area contributed by atoms with Gasteiger partial charge in [0.15, 0.2) is 0 Å². The van der Waals surface area contributed by atoms with Crippen LogP contribution in [-0.4, -0.2) is 48.9 Å². The molecule has 1 aromatic carbocycles. The van der Waals surface area contributed by atoms with Crippen LogP contribution in [0.2, 0.25) is 0 Å². The molecule has 21 heavy (non-hydrogen) atoms. The third-order valence-electron chi connectivity index (χ3n) is 3.58. The smallest absolute Gasteiger partial charge is 0.229 e. The number of aliphatic hydroxyl groups is 1. The van der Waals surface area contributed by atoms with E-state index in [4.69, 9.17) is 0 Å². The Morgan fingerprint density at radius 3 is 2.62 bits per heavy atom. The first-order valence-corrected chi connectivity index (χ1v) is 8.92. The lowest BCUT2D eigenvalue weighted by atomic mass is 10.1. The molecule has 1 aromatic rings. The summed E-state index contributed by atoms with van der Waals surface area (Å²) in [5.74, 6) is -0.161. The van der Waals surface area contributed by atoms with Crippen LogP contribution in [0.15, 0.2) is 18.2 Å². The van der Waals surface area contributed by atoms with Crippen molar-refractivity contribution >= 4 is 15.7 Å². The first kappa shape index (κ1) is 16.1. The highest BCUT2D eigenvalue weighted by molar-refractivity contribution is 7.92. The van der Waals surface area contributed by atoms with Gasteiger partial charge in [-0.15, -0.1) is 0 Å². The van der Waals surface area contributed by atoms with Crippen molar-refractivity contribution in [2.45, 2.75) is 31.9 Å². The van der Waals surface area contributed by atoms with Crippen LogP contribution in [0, 0.1) is 0 Å². The number of sulfonamides is 1. The van der Waals surface area contributed by atoms with Crippen molar-refractivity contribution < 1.29 is 18.6 Å². The van der Waals surface area contributed by atoms with Crippen LogP contribution >= 0.6 is 0 Å². The van der Waals surface area contributed by atoms with Crippen LogP contribution in [0.1, 0.15) is 31.4 Å². The second-order valence-electron chi connectivity index (χ2n) is 5.49. The Morgan fingerprint density at radius 1 is 1.43 bits per heavy atom. The Balaban J connectivity index is 2.13. The van der Waals surface area contributed by atoms with Gasteiger partial charge in [-0.05, 0) is 37.1 Å². The van der Waals surface area contributed by atoms with Crippen LogP contribution in [0.4, 0.5) is 5.69 Å². The molecule has 1 saturated carbocycles. The number of hydrogen-bond acceptors (Lipinski definition) is 5. The molecule has 1 aliphatic rings. The summed E-state index contributed by atoms with van der Waals surface area (Å²) in [6.07, 6.45) is 2.63. The van der Waals surface area contributed by atoms with Crippen molar-refractivity contribution in [1.29, 1.82) is 0 Å². The first-order valence-electron chi connectivity index (χ1n) is 7.03. The highest BCUT2D eigenvalue weighted by Crippen LogP contribution is 2.31. The zero-order chi connectivity index (χ0) is 15.6. The molecule has 0 amide bonds. The molecule has 1 atom stereocenters. The average Bonchev–Trinajstić information content (AvgIpc) is 3.21. The van der Waals surface area contributed by atoms with Gasteiger partial charge in [0.25, 0.3) is 0 Å². The van der Waals surface area contributed by atoms with Crippen LogP contribution < -0.4 is 4.72 Å². The van der Waals surface area contributed by atoms with Gasteiger partial charge in [0.1, 0.15) is 5.75 Å². The largest absolute Gasteiger partial charge is 0.506 e. The second-order valence-corrected chi connectivity index (χ2v) is 7.23. The van der Waals surface area contributed by atoms with E-state index in [0.29, 0.717) is 18.2 Å². The third kappa shape index (κ3) is 4.59. The summed E-state index contributed by atoms with van der Waals surface area (Å²) >= 11 is 0. The lowest BCUT2D eigenvalue weighted by Gasteiger charge is -2.23. The number of phenols is 1. The summed E-state index contributed by atoms with van der Waals surface area (Å²) in [6, 6.07) is 5.02. The third-order valence-corrected chi connectivity index (χ3v) is 4.17. The first-order chi connectivity index (χ1) is 9.80. The minimum Gasteiger partial charge on any atom is -0.506 e. The number of aliphatic hydroxyl groups excluding tert-OH is 1. The van der Waals surface area contributed by atoms with E-state index >= 15 is 0 Å². The Hall–Kier alpha value is -1.31. The van der Waals surface area contributed by atoms with Gasteiger partial charge in [-0.25, -0.2) is 8.42 Å². The molecule has 1 aliphatic carbocycles. The topological polar surface area (TPSA) is 89.9 Å². The van der Waals surface area contributed by atoms with E-state index < -0.39 is 16.1 Å². The van der Waals surface area contributed by atoms with Crippen molar-refractivity contribution in [1.82, 2.24) is 4.90 Å². The van der Waals surface area contributed by atoms with Crippen molar-refractivity contribution in [3.63, 3.8) is 0 Å². The van der Waals surface area contributed by atoms with Crippen LogP contribution in [0.25, 0.3) is 0 Å². The molecule has 2 rings (SSSR count). The molecule has 0 saturated heterocycles. The van der Waals surface area contributed by atoms with Gasteiger partial charge in [0, 0.05) is 12.6 Å². The van der Waals surface area contributed by atoms with E-state index in [1.807, 2.05) is 0 Å². The predicted molar refractivity (Wildman–Crippen MR) is 81.8 cm³/mol. The maximum Gasteiger partial charge on any atom is 0.229 e. The average molecular weight is 314 g/mol. The standard InChI is InChI=1S/C14H22N2O4S/c1-3-16(11-5-6-11)9-14(18)10-4-7-13(17)12(8-10)15-21(2,19)20/h4,7-8,11,14-15,17-18H,3,5-6,9H2,1-2H3. The van der Waals surface area contributed by atoms with E-state index in [9.17, 15) is 18.6 Å². The fourth-order valence-corrected chi connectivity index (χ4v) is 2.91. The molecule has 0 radical (unpaired) electrons. The zero-order valence-corrected chi connectivity index (χ0v) is 13.1. The van der Waals surface area contributed by atoms with E-state index in [1.54, 1.807) is 6.07 Å². The number of anilines is 1. The van der Waals surface area contributed by atoms with Gasteiger partial charge in [0.2, 0.25) is 10.0 Å². The minimum absolute atomic E-state index is 0.0866. The van der Waals surface area contributed by atoms with Gasteiger partial charge in [-0.2, -0.15) is 0 Å². The van der Waals surface area contributed by atoms with Crippen molar-refractivity contribution in [3.05, 3.63) is 23.8 Å². The summed E-state index contributed by atoms with van der Waals surface area (Å²) in [6.45, 7) is 3.43. The summed E-state index contributed by atoms with van der Waals surface area (Å²) < 4.78 is 24.8. The number of aromatic hydroxyl groups is 1. The normalized spacial score (nSPS) is 17.0. The number of likely N-dealkylation sites (N-methyl/N-ethyl adjacent to an activating group) is 1. The lowest BCUT2D eigenvalue weighted by molar-refractivity contribution is 0.112. The molecule has 0 spiro atoms. The Kier molecular flexibility index (Phi) is 4.75. The van der Waals surface area contributed by atoms with Gasteiger partial charge in [-0.3, -0.25) is 9.62 Å². The molecule has 0 heterocycles. The fourth-order valence-electron chi connectivity index (χ4n) is 2.35. The highest BCUT2D eigenvalue weighted by Gasteiger charge is 2.29. The molecular formula is C14H22N2O4S. The molecular weight excluding hydrogens is 292 g/mol. The molecule has 0 bridgehead atoms. The SMILES string of the molecule is CCN(CC(O)c1ccc(O)c(NS(C)(=O)=O)c1)C1CC1. The molecule has 6 nitrogen and oxygen atoms in total. The minimum atomic E-state index is -3.48. The van der Waals surface area contributed by atoms with Crippen LogP contribution in [-0.2, 0) is 10.0 Å². The van der Waals surface area contributed by atoms with Crippen molar-refractivity contribution in [2.24, 2.45) is 0 Å². The highest BCUT2D eigenvalue weighted by atomic mass is 32.2. The molecule has 118 valence electrons. The van der Waals surface area contributed by atoms with Gasteiger partial charge in [0.05, 0.1) is 18.0 Å². The lowest BCUT2D eigenvalue weighted by Crippen LogP contribution is -2.30. The molecule has 0 aromatic heterocycles. The summed E-state index contributed by atoms with van der Waals surface area (Å²) in [7, 11) is -3.48. The molecule has 0 aliphatic heterocycles. The molecule has 1 unspecified atom stereocenters. The van der Waals surface area contributed by atoms with Crippen LogP contribution in [0.5, 0.6) is 5.75 Å². The van der Waals surface area contributed by atoms with Crippen LogP contribution in [0.3, 0.4) is 0 Å². The second kappa shape index (κ2) is 6.21. The van der Waals surface area contributed by atoms with E-state index in [0.717, 1.165) is 25.6 Å². The number of benzene rings is 1. The number of phenolic OH excluding ortho intramolecular Hbond substituents is 1. The predicted octanol–water partition coefficient (Wildman–Crippen LogP) is 1.28. The van der Waals surface area contributed by atoms with Crippen molar-refractivity contribution in [3.8, 4) is 5.75 Å². The molecule has 1 fully saturated rings. The summed E-state index contributed by atoms with van der Waals surface area (Å²) in [5, 5.41) is 20.0. The number of nitrogens with one attached hydrogen (secondary N) is 1. The van der Waals surface area contributed by atoms with Gasteiger partial charge >= 0.3 is 0 Å². The van der Waals surface area contributed by atoms with Gasteiger partial charge < -0.3 is 10.2 Å². The van der Waals surface area contributed by atoms with E-state index in [-0.39, 0.29) is 11.4 Å². The Morgan fingerprint density at radius 2 is 2.10 bits per heavy atom. The molecule has 3 N–H and O–H groups in total. The summed E-state index contributed by atoms with van der Waals surface area (Å²) in [4.78, 5) is 2.21. The quantitative estimate of drug-likeness (QED) is 0.660.